The van der Waals surface area contributed by atoms with Crippen LogP contribution in [-0.4, -0.2) is 29.1 Å². The predicted molar refractivity (Wildman–Crippen MR) is 142 cm³/mol. The highest BCUT2D eigenvalue weighted by atomic mass is 35.5. The normalized spacial score (nSPS) is 22.7. The Balaban J connectivity index is 1.89. The van der Waals surface area contributed by atoms with Gasteiger partial charge in [0.15, 0.2) is 0 Å². The summed E-state index contributed by atoms with van der Waals surface area (Å²) in [5.41, 5.74) is -3.64. The number of nitrogens with zero attached hydrogens (tertiary/aromatic N) is 1. The van der Waals surface area contributed by atoms with Crippen molar-refractivity contribution >= 4 is 35.1 Å². The quantitative estimate of drug-likeness (QED) is 0.256. The van der Waals surface area contributed by atoms with E-state index in [1.807, 2.05) is 0 Å². The molecule has 1 aliphatic rings. The number of halogens is 4. The molecule has 6 nitrogen and oxygen atoms in total. The molecule has 0 saturated carbocycles. The predicted octanol–water partition coefficient (Wildman–Crippen LogP) is 6.26. The van der Waals surface area contributed by atoms with Gasteiger partial charge in [0.2, 0.25) is 0 Å². The van der Waals surface area contributed by atoms with Gasteiger partial charge in [0.05, 0.1) is 16.5 Å². The number of nitriles is 1. The zero-order valence-corrected chi connectivity index (χ0v) is 22.4. The number of nitrogens with one attached hydrogen (secondary N) is 1. The summed E-state index contributed by atoms with van der Waals surface area (Å²) < 4.78 is 36.5. The number of ether oxygens (including phenoxy) is 1. The third-order valence-electron chi connectivity index (χ3n) is 7.12. The Hall–Kier alpha value is -3.51. The number of carbonyl (C=O) groups is 2. The molecular weight excluding hydrogens is 549 g/mol. The molecule has 0 aromatic heterocycles. The van der Waals surface area contributed by atoms with Crippen molar-refractivity contribution in [2.24, 2.45) is 5.41 Å². The van der Waals surface area contributed by atoms with Crippen molar-refractivity contribution in [3.8, 4) is 11.8 Å². The molecule has 1 saturated heterocycles. The molecule has 0 bridgehead atoms. The minimum atomic E-state index is -1.99. The van der Waals surface area contributed by atoms with E-state index in [-0.39, 0.29) is 27.6 Å². The number of carbonyl (C=O) groups excluding carboxylic acids is 1. The summed E-state index contributed by atoms with van der Waals surface area (Å²) in [6.07, 6.45) is -0.156. The van der Waals surface area contributed by atoms with Crippen molar-refractivity contribution in [1.29, 1.82) is 5.26 Å². The standard InChI is InChI=1S/C29H24Cl2F2N2O4/c1-28(2,27(38)39-17-7-4-3-5-8-17)14-22-29(15-34,19-12-11-16(30)13-21(19)32)23(25(35-22)26(36)37)18-9-6-10-20(31)24(18)33/h3-13,22-23,25,35H,14H2,1-2H3,(H,36,37). The first kappa shape index (κ1) is 28.5. The second kappa shape index (κ2) is 10.9. The van der Waals surface area contributed by atoms with Gasteiger partial charge in [-0.25, -0.2) is 8.78 Å². The first-order valence-electron chi connectivity index (χ1n) is 12.0. The van der Waals surface area contributed by atoms with E-state index in [0.29, 0.717) is 5.75 Å². The Kier molecular flexibility index (Phi) is 7.99. The van der Waals surface area contributed by atoms with E-state index in [1.165, 1.54) is 30.3 Å². The SMILES string of the molecule is CC(C)(CC1NC(C(=O)O)C(c2cccc(Cl)c2F)C1(C#N)c1ccc(Cl)cc1F)C(=O)Oc1ccccc1. The van der Waals surface area contributed by atoms with Crippen LogP contribution in [0.15, 0.2) is 66.7 Å². The Morgan fingerprint density at radius 2 is 1.79 bits per heavy atom. The summed E-state index contributed by atoms with van der Waals surface area (Å²) in [4.78, 5) is 25.7. The van der Waals surface area contributed by atoms with Crippen LogP contribution in [0.2, 0.25) is 10.0 Å². The number of benzene rings is 3. The topological polar surface area (TPSA) is 99.4 Å². The maximum atomic E-state index is 15.6. The van der Waals surface area contributed by atoms with Gasteiger partial charge in [0.1, 0.15) is 28.8 Å². The van der Waals surface area contributed by atoms with Crippen LogP contribution in [0.1, 0.15) is 37.3 Å². The van der Waals surface area contributed by atoms with Crippen molar-refractivity contribution in [3.05, 3.63) is 99.5 Å². The lowest BCUT2D eigenvalue weighted by Crippen LogP contribution is -2.47. The fraction of sp³-hybridized carbons (Fsp3) is 0.276. The van der Waals surface area contributed by atoms with Crippen LogP contribution in [0, 0.1) is 28.4 Å². The molecule has 2 N–H and O–H groups in total. The third kappa shape index (κ3) is 5.22. The fourth-order valence-corrected chi connectivity index (χ4v) is 5.60. The van der Waals surface area contributed by atoms with Crippen molar-refractivity contribution in [1.82, 2.24) is 5.32 Å². The summed E-state index contributed by atoms with van der Waals surface area (Å²) in [6.45, 7) is 3.15. The van der Waals surface area contributed by atoms with Crippen LogP contribution in [0.5, 0.6) is 5.75 Å². The monoisotopic (exact) mass is 572 g/mol. The first-order chi connectivity index (χ1) is 18.4. The van der Waals surface area contributed by atoms with Gasteiger partial charge >= 0.3 is 11.9 Å². The van der Waals surface area contributed by atoms with Crippen molar-refractivity contribution in [2.45, 2.75) is 43.7 Å². The number of carboxylic acid groups (broad SMARTS) is 1. The fourth-order valence-electron chi connectivity index (χ4n) is 5.26. The lowest BCUT2D eigenvalue weighted by Gasteiger charge is -2.37. The molecule has 4 rings (SSSR count). The lowest BCUT2D eigenvalue weighted by atomic mass is 9.62. The van der Waals surface area contributed by atoms with Crippen LogP contribution >= 0.6 is 23.2 Å². The Labute approximate surface area is 234 Å². The molecule has 202 valence electrons. The lowest BCUT2D eigenvalue weighted by molar-refractivity contribution is -0.144. The van der Waals surface area contributed by atoms with Gasteiger partial charge in [-0.3, -0.25) is 14.9 Å². The Bertz CT molecular complexity index is 1460. The van der Waals surface area contributed by atoms with E-state index in [4.69, 9.17) is 27.9 Å². The van der Waals surface area contributed by atoms with Crippen molar-refractivity contribution in [2.75, 3.05) is 0 Å². The summed E-state index contributed by atoms with van der Waals surface area (Å²) >= 11 is 12.0. The van der Waals surface area contributed by atoms with Gasteiger partial charge < -0.3 is 9.84 Å². The highest BCUT2D eigenvalue weighted by molar-refractivity contribution is 6.31. The number of esters is 1. The second-order valence-electron chi connectivity index (χ2n) is 10.1. The van der Waals surface area contributed by atoms with Gasteiger partial charge in [-0.05, 0) is 56.2 Å². The summed E-state index contributed by atoms with van der Waals surface area (Å²) in [7, 11) is 0. The summed E-state index contributed by atoms with van der Waals surface area (Å²) in [5.74, 6) is -4.97. The van der Waals surface area contributed by atoms with Crippen LogP contribution in [0.4, 0.5) is 8.78 Å². The molecule has 0 amide bonds. The number of para-hydroxylation sites is 1. The Morgan fingerprint density at radius 3 is 2.41 bits per heavy atom. The number of rotatable bonds is 7. The van der Waals surface area contributed by atoms with Crippen molar-refractivity contribution < 1.29 is 28.2 Å². The largest absolute Gasteiger partial charge is 0.480 e. The van der Waals surface area contributed by atoms with Gasteiger partial charge in [-0.15, -0.1) is 0 Å². The van der Waals surface area contributed by atoms with Gasteiger partial charge in [0.25, 0.3) is 0 Å². The first-order valence-corrected chi connectivity index (χ1v) is 12.7. The minimum absolute atomic E-state index is 0.0545. The zero-order chi connectivity index (χ0) is 28.5. The molecule has 1 heterocycles. The van der Waals surface area contributed by atoms with E-state index in [2.05, 4.69) is 11.4 Å². The molecule has 4 atom stereocenters. The summed E-state index contributed by atoms with van der Waals surface area (Å²) in [5, 5.41) is 23.6. The maximum Gasteiger partial charge on any atom is 0.321 e. The van der Waals surface area contributed by atoms with Crippen LogP contribution in [-0.2, 0) is 15.0 Å². The molecule has 3 aromatic carbocycles. The van der Waals surface area contributed by atoms with E-state index < -0.39 is 52.4 Å². The van der Waals surface area contributed by atoms with E-state index in [9.17, 15) is 20.0 Å². The molecule has 1 aliphatic heterocycles. The highest BCUT2D eigenvalue weighted by Crippen LogP contribution is 2.52. The summed E-state index contributed by atoms with van der Waals surface area (Å²) in [6, 6.07) is 15.5. The number of aliphatic carboxylic acids is 1. The molecule has 10 heteroatoms. The molecular formula is C29H24Cl2F2N2O4. The van der Waals surface area contributed by atoms with Crippen LogP contribution < -0.4 is 10.1 Å². The maximum absolute atomic E-state index is 15.6. The molecule has 3 aromatic rings. The molecule has 0 radical (unpaired) electrons. The highest BCUT2D eigenvalue weighted by Gasteiger charge is 2.62. The minimum Gasteiger partial charge on any atom is -0.480 e. The molecule has 0 aliphatic carbocycles. The van der Waals surface area contributed by atoms with Crippen LogP contribution in [0.25, 0.3) is 0 Å². The van der Waals surface area contributed by atoms with E-state index >= 15 is 8.78 Å². The van der Waals surface area contributed by atoms with E-state index in [0.717, 1.165) is 6.07 Å². The van der Waals surface area contributed by atoms with Crippen LogP contribution in [0.3, 0.4) is 0 Å². The third-order valence-corrected chi connectivity index (χ3v) is 7.65. The number of hydrogen-bond donors (Lipinski definition) is 2. The number of carboxylic acids is 1. The Morgan fingerprint density at radius 1 is 1.10 bits per heavy atom. The number of hydrogen-bond acceptors (Lipinski definition) is 5. The molecule has 39 heavy (non-hydrogen) atoms. The second-order valence-corrected chi connectivity index (χ2v) is 10.9. The zero-order valence-electron chi connectivity index (χ0n) is 20.9. The molecule has 0 spiro atoms. The molecule has 4 unspecified atom stereocenters. The van der Waals surface area contributed by atoms with Gasteiger partial charge in [0, 0.05) is 22.5 Å². The van der Waals surface area contributed by atoms with Gasteiger partial charge in [-0.2, -0.15) is 5.26 Å². The van der Waals surface area contributed by atoms with Gasteiger partial charge in [-0.1, -0.05) is 59.6 Å². The average Bonchev–Trinajstić information content (AvgIpc) is 3.20. The average molecular weight is 573 g/mol. The molecule has 1 fully saturated rings. The smallest absolute Gasteiger partial charge is 0.321 e. The van der Waals surface area contributed by atoms with E-state index in [1.54, 1.807) is 44.2 Å². The van der Waals surface area contributed by atoms with Crippen molar-refractivity contribution in [3.63, 3.8) is 0 Å².